The highest BCUT2D eigenvalue weighted by Crippen LogP contribution is 2.40. The predicted molar refractivity (Wildman–Crippen MR) is 184 cm³/mol. The predicted octanol–water partition coefficient (Wildman–Crippen LogP) is 8.94. The molecule has 8 heteroatoms. The first kappa shape index (κ1) is 31.4. The van der Waals surface area contributed by atoms with Gasteiger partial charge in [0.25, 0.3) is 10.1 Å². The molecular formula is C38H34ClNO5S. The van der Waals surface area contributed by atoms with Crippen LogP contribution in [0.2, 0.25) is 5.02 Å². The summed E-state index contributed by atoms with van der Waals surface area (Å²) in [7, 11) is -2.64. The van der Waals surface area contributed by atoms with E-state index in [1.165, 1.54) is 6.07 Å². The third kappa shape index (κ3) is 6.97. The Hall–Kier alpha value is -4.56. The number of aromatic nitrogens is 1. The largest absolute Gasteiger partial charge is 0.497 e. The number of fused-ring (bicyclic) bond motifs is 1. The monoisotopic (exact) mass is 651 g/mol. The Bertz CT molecular complexity index is 2090. The minimum Gasteiger partial charge on any atom is -0.497 e. The molecule has 6 nitrogen and oxygen atoms in total. The van der Waals surface area contributed by atoms with Crippen molar-refractivity contribution in [1.82, 2.24) is 4.57 Å². The van der Waals surface area contributed by atoms with E-state index in [2.05, 4.69) is 34.9 Å². The Kier molecular flexibility index (Phi) is 9.17. The SMILES string of the molecule is COc1ccc(-c2c(Cl)c3cc(OCc4ccccc4)ccc3n2Cc2ccc(CCc3cc(C)ccc3S(=O)(=O)O)cc2)cc1. The van der Waals surface area contributed by atoms with Crippen LogP contribution in [0.1, 0.15) is 27.8 Å². The van der Waals surface area contributed by atoms with E-state index in [0.717, 1.165) is 55.9 Å². The van der Waals surface area contributed by atoms with Crippen molar-refractivity contribution in [3.05, 3.63) is 148 Å². The van der Waals surface area contributed by atoms with Crippen LogP contribution in [0.15, 0.2) is 120 Å². The lowest BCUT2D eigenvalue weighted by Gasteiger charge is -2.13. The van der Waals surface area contributed by atoms with Gasteiger partial charge < -0.3 is 14.0 Å². The second-order valence-corrected chi connectivity index (χ2v) is 13.1. The molecule has 0 radical (unpaired) electrons. The molecule has 234 valence electrons. The molecule has 5 aromatic carbocycles. The maximum absolute atomic E-state index is 11.9. The molecule has 0 atom stereocenters. The molecule has 0 saturated heterocycles. The van der Waals surface area contributed by atoms with Gasteiger partial charge >= 0.3 is 0 Å². The molecule has 0 spiro atoms. The summed E-state index contributed by atoms with van der Waals surface area (Å²) >= 11 is 7.14. The zero-order valence-corrected chi connectivity index (χ0v) is 27.2. The van der Waals surface area contributed by atoms with Gasteiger partial charge in [-0.1, -0.05) is 83.9 Å². The van der Waals surface area contributed by atoms with Gasteiger partial charge in [-0.2, -0.15) is 8.42 Å². The molecule has 0 fully saturated rings. The minimum atomic E-state index is -4.29. The fraction of sp³-hybridized carbons (Fsp3) is 0.158. The zero-order chi connectivity index (χ0) is 32.3. The smallest absolute Gasteiger partial charge is 0.294 e. The topological polar surface area (TPSA) is 77.8 Å². The molecule has 46 heavy (non-hydrogen) atoms. The van der Waals surface area contributed by atoms with E-state index in [1.54, 1.807) is 13.2 Å². The van der Waals surface area contributed by atoms with E-state index in [4.69, 9.17) is 21.1 Å². The number of rotatable bonds is 11. The summed E-state index contributed by atoms with van der Waals surface area (Å²) in [5.74, 6) is 1.51. The first-order valence-corrected chi connectivity index (χ1v) is 16.8. The number of benzene rings is 5. The quantitative estimate of drug-likeness (QED) is 0.142. The molecule has 0 amide bonds. The Morgan fingerprint density at radius 2 is 1.46 bits per heavy atom. The molecule has 0 aliphatic rings. The van der Waals surface area contributed by atoms with Gasteiger partial charge in [0.15, 0.2) is 0 Å². The molecule has 0 bridgehead atoms. The summed E-state index contributed by atoms with van der Waals surface area (Å²) in [6.45, 7) is 2.95. The second-order valence-electron chi connectivity index (χ2n) is 11.3. The van der Waals surface area contributed by atoms with Crippen molar-refractivity contribution in [3.63, 3.8) is 0 Å². The van der Waals surface area contributed by atoms with Crippen molar-refractivity contribution in [1.29, 1.82) is 0 Å². The maximum Gasteiger partial charge on any atom is 0.294 e. The lowest BCUT2D eigenvalue weighted by molar-refractivity contribution is 0.306. The van der Waals surface area contributed by atoms with Crippen LogP contribution in [0.3, 0.4) is 0 Å². The summed E-state index contributed by atoms with van der Waals surface area (Å²) in [5, 5.41) is 1.55. The number of hydrogen-bond donors (Lipinski definition) is 1. The van der Waals surface area contributed by atoms with Crippen LogP contribution in [0.5, 0.6) is 11.5 Å². The van der Waals surface area contributed by atoms with Gasteiger partial charge in [0.05, 0.1) is 28.2 Å². The molecule has 1 aromatic heterocycles. The molecule has 6 rings (SSSR count). The van der Waals surface area contributed by atoms with Crippen molar-refractivity contribution in [2.45, 2.75) is 37.8 Å². The van der Waals surface area contributed by atoms with Gasteiger partial charge in [-0.15, -0.1) is 0 Å². The Morgan fingerprint density at radius 1 is 0.761 bits per heavy atom. The highest BCUT2D eigenvalue weighted by atomic mass is 35.5. The standard InChI is InChI=1S/C38H34ClNO5S/c1-26-8-21-36(46(41,42)43)31(22-26)14-13-27-9-11-28(12-10-27)24-40-35-20-19-33(45-25-29-6-4-3-5-7-29)23-34(35)37(39)38(40)30-15-17-32(44-2)18-16-30/h3-12,15-23H,13-14,24-25H2,1-2H3,(H,41,42,43). The van der Waals surface area contributed by atoms with E-state index in [-0.39, 0.29) is 4.90 Å². The average Bonchev–Trinajstić information content (AvgIpc) is 3.33. The molecule has 0 saturated carbocycles. The van der Waals surface area contributed by atoms with E-state index < -0.39 is 10.1 Å². The zero-order valence-electron chi connectivity index (χ0n) is 25.6. The molecule has 0 unspecified atom stereocenters. The summed E-state index contributed by atoms with van der Waals surface area (Å²) < 4.78 is 47.2. The fourth-order valence-electron chi connectivity index (χ4n) is 5.75. The highest BCUT2D eigenvalue weighted by molar-refractivity contribution is 7.85. The van der Waals surface area contributed by atoms with Gasteiger partial charge in [0, 0.05) is 11.9 Å². The highest BCUT2D eigenvalue weighted by Gasteiger charge is 2.19. The van der Waals surface area contributed by atoms with Crippen LogP contribution in [0.4, 0.5) is 0 Å². The van der Waals surface area contributed by atoms with Gasteiger partial charge in [-0.3, -0.25) is 4.55 Å². The second kappa shape index (κ2) is 13.4. The van der Waals surface area contributed by atoms with Crippen molar-refractivity contribution in [2.24, 2.45) is 0 Å². The van der Waals surface area contributed by atoms with Crippen molar-refractivity contribution in [2.75, 3.05) is 7.11 Å². The summed E-state index contributed by atoms with van der Waals surface area (Å²) in [6.07, 6.45) is 1.12. The van der Waals surface area contributed by atoms with Crippen molar-refractivity contribution >= 4 is 32.6 Å². The molecule has 0 aliphatic carbocycles. The van der Waals surface area contributed by atoms with E-state index >= 15 is 0 Å². The van der Waals surface area contributed by atoms with E-state index in [9.17, 15) is 13.0 Å². The van der Waals surface area contributed by atoms with Crippen molar-refractivity contribution < 1.29 is 22.4 Å². The van der Waals surface area contributed by atoms with E-state index in [0.29, 0.717) is 36.6 Å². The number of nitrogens with zero attached hydrogens (tertiary/aromatic N) is 1. The minimum absolute atomic E-state index is 0.0363. The third-order valence-electron chi connectivity index (χ3n) is 8.13. The van der Waals surface area contributed by atoms with Gasteiger partial charge in [-0.05, 0) is 96.1 Å². The molecule has 6 aromatic rings. The van der Waals surface area contributed by atoms with Crippen LogP contribution in [-0.4, -0.2) is 24.6 Å². The normalized spacial score (nSPS) is 11.6. The number of hydrogen-bond acceptors (Lipinski definition) is 4. The van der Waals surface area contributed by atoms with Crippen LogP contribution in [-0.2, 0) is 36.1 Å². The lowest BCUT2D eigenvalue weighted by atomic mass is 10.0. The summed E-state index contributed by atoms with van der Waals surface area (Å²) in [4.78, 5) is -0.0363. The summed E-state index contributed by atoms with van der Waals surface area (Å²) in [6, 6.07) is 37.2. The number of halogens is 1. The Balaban J connectivity index is 1.29. The molecular weight excluding hydrogens is 618 g/mol. The number of aryl methyl sites for hydroxylation is 3. The summed E-state index contributed by atoms with van der Waals surface area (Å²) in [5.41, 5.74) is 7.66. The fourth-order valence-corrected chi connectivity index (χ4v) is 6.84. The molecule has 1 heterocycles. The van der Waals surface area contributed by atoms with Gasteiger partial charge in [-0.25, -0.2) is 0 Å². The lowest BCUT2D eigenvalue weighted by Crippen LogP contribution is -2.05. The molecule has 1 N–H and O–H groups in total. The number of ether oxygens (including phenoxy) is 2. The van der Waals surface area contributed by atoms with Crippen LogP contribution in [0.25, 0.3) is 22.2 Å². The van der Waals surface area contributed by atoms with Crippen molar-refractivity contribution in [3.8, 4) is 22.8 Å². The first-order chi connectivity index (χ1) is 22.2. The number of methoxy groups -OCH3 is 1. The molecule has 0 aliphatic heterocycles. The van der Waals surface area contributed by atoms with Crippen LogP contribution < -0.4 is 9.47 Å². The van der Waals surface area contributed by atoms with Crippen LogP contribution >= 0.6 is 11.6 Å². The van der Waals surface area contributed by atoms with Gasteiger partial charge in [0.1, 0.15) is 18.1 Å². The first-order valence-electron chi connectivity index (χ1n) is 15.0. The Morgan fingerprint density at radius 3 is 2.15 bits per heavy atom. The average molecular weight is 652 g/mol. The van der Waals surface area contributed by atoms with E-state index in [1.807, 2.05) is 79.7 Å². The van der Waals surface area contributed by atoms with Gasteiger partial charge in [0.2, 0.25) is 0 Å². The Labute approximate surface area is 274 Å². The van der Waals surface area contributed by atoms with Crippen LogP contribution in [0, 0.1) is 6.92 Å². The third-order valence-corrected chi connectivity index (χ3v) is 9.46. The maximum atomic E-state index is 11.9.